The molecule has 0 aliphatic carbocycles. The second kappa shape index (κ2) is 5.76. The van der Waals surface area contributed by atoms with Gasteiger partial charge in [0.25, 0.3) is 5.91 Å². The van der Waals surface area contributed by atoms with Gasteiger partial charge in [0.05, 0.1) is 17.5 Å². The van der Waals surface area contributed by atoms with Crippen molar-refractivity contribution in [3.05, 3.63) is 65.6 Å². The molecule has 0 fully saturated rings. The van der Waals surface area contributed by atoms with Gasteiger partial charge in [0.1, 0.15) is 0 Å². The number of anilines is 1. The molecule has 0 radical (unpaired) electrons. The fourth-order valence-electron chi connectivity index (χ4n) is 1.93. The van der Waals surface area contributed by atoms with Crippen molar-refractivity contribution in [2.75, 3.05) is 5.32 Å². The molecule has 0 unspecified atom stereocenters. The quantitative estimate of drug-likeness (QED) is 0.778. The van der Waals surface area contributed by atoms with Gasteiger partial charge in [0.2, 0.25) is 0 Å². The number of aromatic amines is 1. The summed E-state index contributed by atoms with van der Waals surface area (Å²) in [4.78, 5) is 16.2. The molecule has 0 aliphatic heterocycles. The molecule has 0 saturated heterocycles. The zero-order valence-electron chi connectivity index (χ0n) is 10.9. The van der Waals surface area contributed by atoms with Crippen LogP contribution in [0.2, 0.25) is 5.02 Å². The number of nitrogens with zero attached hydrogens (tertiary/aromatic N) is 2. The minimum Gasteiger partial charge on any atom is -0.322 e. The normalized spacial score (nSPS) is 10.3. The van der Waals surface area contributed by atoms with Gasteiger partial charge in [-0.15, -0.1) is 0 Å². The Morgan fingerprint density at radius 2 is 1.81 bits per heavy atom. The van der Waals surface area contributed by atoms with E-state index in [0.29, 0.717) is 22.0 Å². The summed E-state index contributed by atoms with van der Waals surface area (Å²) in [6, 6.07) is 10.6. The summed E-state index contributed by atoms with van der Waals surface area (Å²) in [6.07, 6.45) is 4.73. The SMILES string of the molecule is O=C(Nc1ccncc1)c1cn[nH]c1-c1ccc(Cl)cc1. The molecule has 5 nitrogen and oxygen atoms in total. The lowest BCUT2D eigenvalue weighted by Gasteiger charge is -2.05. The lowest BCUT2D eigenvalue weighted by atomic mass is 10.1. The van der Waals surface area contributed by atoms with Crippen LogP contribution in [0, 0.1) is 0 Å². The van der Waals surface area contributed by atoms with Crippen molar-refractivity contribution >= 4 is 23.2 Å². The molecule has 2 N–H and O–H groups in total. The van der Waals surface area contributed by atoms with E-state index in [-0.39, 0.29) is 5.91 Å². The van der Waals surface area contributed by atoms with Crippen molar-refractivity contribution in [1.29, 1.82) is 0 Å². The number of halogens is 1. The zero-order valence-corrected chi connectivity index (χ0v) is 11.6. The number of nitrogens with one attached hydrogen (secondary N) is 2. The van der Waals surface area contributed by atoms with Crippen molar-refractivity contribution in [3.8, 4) is 11.3 Å². The number of hydrogen-bond donors (Lipinski definition) is 2. The van der Waals surface area contributed by atoms with Gasteiger partial charge < -0.3 is 5.32 Å². The molecule has 3 rings (SSSR count). The van der Waals surface area contributed by atoms with Crippen LogP contribution in [0.3, 0.4) is 0 Å². The summed E-state index contributed by atoms with van der Waals surface area (Å²) in [5, 5.41) is 10.2. The second-order valence-corrected chi connectivity index (χ2v) is 4.79. The second-order valence-electron chi connectivity index (χ2n) is 4.36. The molecule has 2 aromatic heterocycles. The Morgan fingerprint density at radius 1 is 1.10 bits per heavy atom. The van der Waals surface area contributed by atoms with Crippen molar-refractivity contribution in [2.24, 2.45) is 0 Å². The number of amides is 1. The summed E-state index contributed by atoms with van der Waals surface area (Å²) >= 11 is 5.87. The largest absolute Gasteiger partial charge is 0.322 e. The molecular weight excluding hydrogens is 288 g/mol. The number of aromatic nitrogens is 3. The van der Waals surface area contributed by atoms with E-state index in [2.05, 4.69) is 20.5 Å². The van der Waals surface area contributed by atoms with Gasteiger partial charge in [-0.3, -0.25) is 14.9 Å². The highest BCUT2D eigenvalue weighted by atomic mass is 35.5. The molecule has 2 heterocycles. The summed E-state index contributed by atoms with van der Waals surface area (Å²) in [5.74, 6) is -0.236. The van der Waals surface area contributed by atoms with Crippen molar-refractivity contribution in [2.45, 2.75) is 0 Å². The highest BCUT2D eigenvalue weighted by Gasteiger charge is 2.15. The molecule has 3 aromatic rings. The first-order chi connectivity index (χ1) is 10.2. The van der Waals surface area contributed by atoms with Crippen LogP contribution in [0.15, 0.2) is 55.0 Å². The van der Waals surface area contributed by atoms with E-state index >= 15 is 0 Å². The molecule has 0 saturated carbocycles. The third-order valence-corrected chi connectivity index (χ3v) is 3.21. The molecule has 21 heavy (non-hydrogen) atoms. The Balaban J connectivity index is 1.88. The average molecular weight is 299 g/mol. The van der Waals surface area contributed by atoms with Gasteiger partial charge >= 0.3 is 0 Å². The van der Waals surface area contributed by atoms with Crippen LogP contribution in [-0.2, 0) is 0 Å². The predicted molar refractivity (Wildman–Crippen MR) is 81.2 cm³/mol. The first-order valence-corrected chi connectivity index (χ1v) is 6.62. The van der Waals surface area contributed by atoms with Gasteiger partial charge in [-0.05, 0) is 24.3 Å². The van der Waals surface area contributed by atoms with Crippen LogP contribution in [0.5, 0.6) is 0 Å². The fraction of sp³-hybridized carbons (Fsp3) is 0. The van der Waals surface area contributed by atoms with Crippen LogP contribution in [-0.4, -0.2) is 21.1 Å². The van der Waals surface area contributed by atoms with Crippen LogP contribution in [0.1, 0.15) is 10.4 Å². The number of carbonyl (C=O) groups is 1. The Kier molecular flexibility index (Phi) is 3.66. The predicted octanol–water partition coefficient (Wildman–Crippen LogP) is 3.38. The summed E-state index contributed by atoms with van der Waals surface area (Å²) < 4.78 is 0. The molecule has 0 spiro atoms. The Morgan fingerprint density at radius 3 is 2.52 bits per heavy atom. The lowest BCUT2D eigenvalue weighted by Crippen LogP contribution is -2.12. The van der Waals surface area contributed by atoms with Crippen LogP contribution in [0.25, 0.3) is 11.3 Å². The van der Waals surface area contributed by atoms with Gasteiger partial charge in [-0.2, -0.15) is 5.10 Å². The standard InChI is InChI=1S/C15H11ClN4O/c16-11-3-1-10(2-4-11)14-13(9-18-20-14)15(21)19-12-5-7-17-8-6-12/h1-9H,(H,18,20)(H,17,19,21). The van der Waals surface area contributed by atoms with E-state index < -0.39 is 0 Å². The number of carbonyl (C=O) groups excluding carboxylic acids is 1. The number of pyridine rings is 1. The lowest BCUT2D eigenvalue weighted by molar-refractivity contribution is 0.102. The molecule has 6 heteroatoms. The fourth-order valence-corrected chi connectivity index (χ4v) is 2.05. The van der Waals surface area contributed by atoms with Crippen LogP contribution >= 0.6 is 11.6 Å². The van der Waals surface area contributed by atoms with Gasteiger partial charge in [-0.1, -0.05) is 23.7 Å². The van der Waals surface area contributed by atoms with E-state index in [9.17, 15) is 4.79 Å². The summed E-state index contributed by atoms with van der Waals surface area (Å²) in [6.45, 7) is 0. The van der Waals surface area contributed by atoms with E-state index in [1.807, 2.05) is 12.1 Å². The Bertz CT molecular complexity index is 753. The number of H-pyrrole nitrogens is 1. The van der Waals surface area contributed by atoms with Gasteiger partial charge in [0.15, 0.2) is 0 Å². The van der Waals surface area contributed by atoms with Crippen LogP contribution in [0.4, 0.5) is 5.69 Å². The third-order valence-electron chi connectivity index (χ3n) is 2.96. The monoisotopic (exact) mass is 298 g/mol. The minimum atomic E-state index is -0.236. The molecule has 1 aromatic carbocycles. The molecule has 104 valence electrons. The van der Waals surface area contributed by atoms with Crippen molar-refractivity contribution in [1.82, 2.24) is 15.2 Å². The van der Waals surface area contributed by atoms with E-state index in [1.165, 1.54) is 6.20 Å². The van der Waals surface area contributed by atoms with Gasteiger partial charge in [0, 0.05) is 28.7 Å². The topological polar surface area (TPSA) is 70.7 Å². The number of hydrogen-bond acceptors (Lipinski definition) is 3. The minimum absolute atomic E-state index is 0.236. The zero-order chi connectivity index (χ0) is 14.7. The molecule has 0 atom stereocenters. The van der Waals surface area contributed by atoms with Crippen molar-refractivity contribution < 1.29 is 4.79 Å². The number of benzene rings is 1. The highest BCUT2D eigenvalue weighted by Crippen LogP contribution is 2.23. The Hall–Kier alpha value is -2.66. The molecule has 0 bridgehead atoms. The molecule has 1 amide bonds. The van der Waals surface area contributed by atoms with Crippen molar-refractivity contribution in [3.63, 3.8) is 0 Å². The Labute approximate surface area is 126 Å². The molecular formula is C15H11ClN4O. The first kappa shape index (κ1) is 13.3. The van der Waals surface area contributed by atoms with Crippen LogP contribution < -0.4 is 5.32 Å². The summed E-state index contributed by atoms with van der Waals surface area (Å²) in [5.41, 5.74) is 2.64. The maximum Gasteiger partial charge on any atom is 0.259 e. The first-order valence-electron chi connectivity index (χ1n) is 6.25. The van der Waals surface area contributed by atoms with E-state index in [0.717, 1.165) is 5.56 Å². The summed E-state index contributed by atoms with van der Waals surface area (Å²) in [7, 11) is 0. The average Bonchev–Trinajstić information content (AvgIpc) is 2.98. The maximum atomic E-state index is 12.3. The maximum absolute atomic E-state index is 12.3. The number of rotatable bonds is 3. The van der Waals surface area contributed by atoms with Gasteiger partial charge in [-0.25, -0.2) is 0 Å². The molecule has 0 aliphatic rings. The van der Waals surface area contributed by atoms with E-state index in [4.69, 9.17) is 11.6 Å². The highest BCUT2D eigenvalue weighted by molar-refractivity contribution is 6.30. The smallest absolute Gasteiger partial charge is 0.259 e. The third kappa shape index (κ3) is 2.93. The van der Waals surface area contributed by atoms with E-state index in [1.54, 1.807) is 36.7 Å².